The summed E-state index contributed by atoms with van der Waals surface area (Å²) in [6, 6.07) is 13.4. The minimum absolute atomic E-state index is 0.142. The summed E-state index contributed by atoms with van der Waals surface area (Å²) < 4.78 is 10.7. The molecule has 28 heavy (non-hydrogen) atoms. The van der Waals surface area contributed by atoms with Crippen LogP contribution >= 0.6 is 23.2 Å². The second-order valence-corrected chi connectivity index (χ2v) is 6.36. The molecule has 2 aromatic rings. The molecule has 0 aromatic heterocycles. The van der Waals surface area contributed by atoms with Crippen molar-refractivity contribution in [2.75, 3.05) is 13.2 Å². The van der Waals surface area contributed by atoms with Crippen molar-refractivity contribution in [1.29, 1.82) is 5.26 Å². The summed E-state index contributed by atoms with van der Waals surface area (Å²) in [6.45, 7) is -0.0616. The van der Waals surface area contributed by atoms with Crippen molar-refractivity contribution in [3.63, 3.8) is 0 Å². The Morgan fingerprint density at radius 1 is 1.00 bits per heavy atom. The van der Waals surface area contributed by atoms with E-state index >= 15 is 0 Å². The molecule has 0 aliphatic heterocycles. The molecular weight excluding hydrogens is 405 g/mol. The number of ether oxygens (including phenoxy) is 2. The average Bonchev–Trinajstić information content (AvgIpc) is 2.69. The Bertz CT molecular complexity index is 884. The van der Waals surface area contributed by atoms with Gasteiger partial charge in [0.05, 0.1) is 17.2 Å². The highest BCUT2D eigenvalue weighted by Gasteiger charge is 2.08. The third-order valence-corrected chi connectivity index (χ3v) is 3.94. The summed E-state index contributed by atoms with van der Waals surface area (Å²) in [5, 5.41) is 9.85. The van der Waals surface area contributed by atoms with E-state index in [0.717, 1.165) is 0 Å². The number of rotatable bonds is 8. The number of hydrogen-bond donors (Lipinski definition) is 2. The lowest BCUT2D eigenvalue weighted by Crippen LogP contribution is -2.43. The van der Waals surface area contributed by atoms with Gasteiger partial charge in [-0.25, -0.2) is 0 Å². The van der Waals surface area contributed by atoms with Gasteiger partial charge in [-0.3, -0.25) is 20.4 Å². The molecule has 0 aliphatic rings. The molecule has 9 heteroatoms. The van der Waals surface area contributed by atoms with Crippen LogP contribution in [0.25, 0.3) is 0 Å². The maximum absolute atomic E-state index is 11.7. The standard InChI is InChI=1S/C19H17Cl2N3O4/c20-14-7-8-17(15(21)10-14)27-9-3-6-18(25)23-24-19(26)12-28-16-5-2-1-4-13(16)11-22/h1-2,4-5,7-8,10H,3,6,9,12H2,(H,23,25)(H,24,26). The van der Waals surface area contributed by atoms with Gasteiger partial charge < -0.3 is 9.47 Å². The lowest BCUT2D eigenvalue weighted by atomic mass is 10.2. The van der Waals surface area contributed by atoms with E-state index in [9.17, 15) is 9.59 Å². The van der Waals surface area contributed by atoms with Crippen LogP contribution in [0.2, 0.25) is 10.0 Å². The molecule has 2 aromatic carbocycles. The molecule has 0 fully saturated rings. The molecule has 0 radical (unpaired) electrons. The third kappa shape index (κ3) is 6.99. The Kier molecular flexibility index (Phi) is 8.40. The fourth-order valence-corrected chi connectivity index (χ4v) is 2.54. The van der Waals surface area contributed by atoms with Gasteiger partial charge in [-0.05, 0) is 36.8 Å². The number of hydrazine groups is 1. The van der Waals surface area contributed by atoms with Crippen molar-refractivity contribution >= 4 is 35.0 Å². The highest BCUT2D eigenvalue weighted by atomic mass is 35.5. The first-order valence-electron chi connectivity index (χ1n) is 8.27. The van der Waals surface area contributed by atoms with Gasteiger partial charge in [-0.15, -0.1) is 0 Å². The van der Waals surface area contributed by atoms with E-state index in [1.807, 2.05) is 6.07 Å². The van der Waals surface area contributed by atoms with Crippen LogP contribution in [-0.4, -0.2) is 25.0 Å². The van der Waals surface area contributed by atoms with Gasteiger partial charge >= 0.3 is 0 Å². The number of carbonyl (C=O) groups excluding carboxylic acids is 2. The van der Waals surface area contributed by atoms with Gasteiger partial charge in [0.15, 0.2) is 6.61 Å². The summed E-state index contributed by atoms with van der Waals surface area (Å²) in [5.74, 6) is -0.152. The van der Waals surface area contributed by atoms with Crippen LogP contribution < -0.4 is 20.3 Å². The van der Waals surface area contributed by atoms with Crippen molar-refractivity contribution in [1.82, 2.24) is 10.9 Å². The van der Waals surface area contributed by atoms with Crippen molar-refractivity contribution < 1.29 is 19.1 Å². The number of nitrogens with one attached hydrogen (secondary N) is 2. The number of nitrogens with zero attached hydrogens (tertiary/aromatic N) is 1. The second kappa shape index (κ2) is 11.0. The van der Waals surface area contributed by atoms with E-state index < -0.39 is 5.91 Å². The van der Waals surface area contributed by atoms with Gasteiger partial charge in [0, 0.05) is 11.4 Å². The number of benzene rings is 2. The van der Waals surface area contributed by atoms with Crippen molar-refractivity contribution in [2.24, 2.45) is 0 Å². The smallest absolute Gasteiger partial charge is 0.276 e. The maximum Gasteiger partial charge on any atom is 0.276 e. The minimum Gasteiger partial charge on any atom is -0.492 e. The first-order valence-corrected chi connectivity index (χ1v) is 9.02. The fraction of sp³-hybridized carbons (Fsp3) is 0.211. The largest absolute Gasteiger partial charge is 0.492 e. The Hall–Kier alpha value is -2.95. The third-order valence-electron chi connectivity index (χ3n) is 3.41. The zero-order chi connectivity index (χ0) is 20.4. The Morgan fingerprint density at radius 2 is 1.75 bits per heavy atom. The molecule has 0 saturated heterocycles. The first-order chi connectivity index (χ1) is 13.5. The highest BCUT2D eigenvalue weighted by molar-refractivity contribution is 6.35. The molecule has 2 amide bonds. The Balaban J connectivity index is 1.62. The lowest BCUT2D eigenvalue weighted by molar-refractivity contribution is -0.130. The predicted molar refractivity (Wildman–Crippen MR) is 104 cm³/mol. The van der Waals surface area contributed by atoms with Crippen LogP contribution in [0.5, 0.6) is 11.5 Å². The summed E-state index contributed by atoms with van der Waals surface area (Å²) in [5.41, 5.74) is 4.84. The summed E-state index contributed by atoms with van der Waals surface area (Å²) in [7, 11) is 0. The zero-order valence-electron chi connectivity index (χ0n) is 14.7. The van der Waals surface area contributed by atoms with Gasteiger partial charge in [-0.1, -0.05) is 35.3 Å². The number of amides is 2. The molecule has 7 nitrogen and oxygen atoms in total. The van der Waals surface area contributed by atoms with Crippen molar-refractivity contribution in [3.8, 4) is 17.6 Å². The molecule has 0 bridgehead atoms. The average molecular weight is 422 g/mol. The minimum atomic E-state index is -0.551. The molecular formula is C19H17Cl2N3O4. The fourth-order valence-electron chi connectivity index (χ4n) is 2.07. The maximum atomic E-state index is 11.7. The molecule has 0 heterocycles. The van der Waals surface area contributed by atoms with Crippen LogP contribution in [0.15, 0.2) is 42.5 Å². The molecule has 2 N–H and O–H groups in total. The van der Waals surface area contributed by atoms with Crippen molar-refractivity contribution in [2.45, 2.75) is 12.8 Å². The van der Waals surface area contributed by atoms with E-state index in [1.165, 1.54) is 0 Å². The summed E-state index contributed by atoms with van der Waals surface area (Å²) in [6.07, 6.45) is 0.566. The Labute approximate surface area is 172 Å². The normalized spacial score (nSPS) is 9.89. The molecule has 146 valence electrons. The van der Waals surface area contributed by atoms with Crippen molar-refractivity contribution in [3.05, 3.63) is 58.1 Å². The van der Waals surface area contributed by atoms with E-state index in [0.29, 0.717) is 33.5 Å². The number of halogens is 2. The van der Waals surface area contributed by atoms with E-state index in [-0.39, 0.29) is 25.5 Å². The predicted octanol–water partition coefficient (Wildman–Crippen LogP) is 3.25. The van der Waals surface area contributed by atoms with Crippen LogP contribution in [-0.2, 0) is 9.59 Å². The number of nitriles is 1. The van der Waals surface area contributed by atoms with Crippen LogP contribution in [0.1, 0.15) is 18.4 Å². The molecule has 2 rings (SSSR count). The number of hydrogen-bond acceptors (Lipinski definition) is 5. The molecule has 0 aliphatic carbocycles. The second-order valence-electron chi connectivity index (χ2n) is 5.52. The zero-order valence-corrected chi connectivity index (χ0v) is 16.2. The van der Waals surface area contributed by atoms with Gasteiger partial charge in [0.2, 0.25) is 5.91 Å². The van der Waals surface area contributed by atoms with Crippen LogP contribution in [0, 0.1) is 11.3 Å². The first kappa shape index (κ1) is 21.4. The van der Waals surface area contributed by atoms with Gasteiger partial charge in [-0.2, -0.15) is 5.26 Å². The molecule has 0 atom stereocenters. The van der Waals surface area contributed by atoms with E-state index in [1.54, 1.807) is 42.5 Å². The van der Waals surface area contributed by atoms with Crippen LogP contribution in [0.3, 0.4) is 0 Å². The Morgan fingerprint density at radius 3 is 2.50 bits per heavy atom. The summed E-state index contributed by atoms with van der Waals surface area (Å²) in [4.78, 5) is 23.5. The van der Waals surface area contributed by atoms with E-state index in [2.05, 4.69) is 10.9 Å². The number of para-hydroxylation sites is 1. The SMILES string of the molecule is N#Cc1ccccc1OCC(=O)NNC(=O)CCCOc1ccc(Cl)cc1Cl. The van der Waals surface area contributed by atoms with Gasteiger partial charge in [0.1, 0.15) is 17.6 Å². The van der Waals surface area contributed by atoms with E-state index in [4.69, 9.17) is 37.9 Å². The summed E-state index contributed by atoms with van der Waals surface area (Å²) >= 11 is 11.8. The topological polar surface area (TPSA) is 100 Å². The number of carbonyl (C=O) groups is 2. The molecule has 0 spiro atoms. The highest BCUT2D eigenvalue weighted by Crippen LogP contribution is 2.27. The van der Waals surface area contributed by atoms with Gasteiger partial charge in [0.25, 0.3) is 5.91 Å². The lowest BCUT2D eigenvalue weighted by Gasteiger charge is -2.10. The molecule has 0 saturated carbocycles. The monoisotopic (exact) mass is 421 g/mol. The van der Waals surface area contributed by atoms with Crippen LogP contribution in [0.4, 0.5) is 0 Å². The molecule has 0 unspecified atom stereocenters. The quantitative estimate of drug-likeness (QED) is 0.503.